The highest BCUT2D eigenvalue weighted by molar-refractivity contribution is 7.98. The van der Waals surface area contributed by atoms with Gasteiger partial charge in [-0.3, -0.25) is 4.79 Å². The lowest BCUT2D eigenvalue weighted by molar-refractivity contribution is 0.102. The monoisotopic (exact) mass is 399 g/mol. The van der Waals surface area contributed by atoms with Gasteiger partial charge < -0.3 is 14.8 Å². The number of hydrogen-bond acceptors (Lipinski definition) is 5. The van der Waals surface area contributed by atoms with Crippen molar-refractivity contribution in [1.82, 2.24) is 9.78 Å². The van der Waals surface area contributed by atoms with Gasteiger partial charge in [-0.05, 0) is 42.5 Å². The second-order valence-corrected chi connectivity index (χ2v) is 7.60. The Labute approximate surface area is 164 Å². The molecule has 2 aromatic carbocycles. The van der Waals surface area contributed by atoms with E-state index < -0.39 is 0 Å². The first kappa shape index (κ1) is 16.5. The largest absolute Gasteiger partial charge is 0.454 e. The molecular formula is C19H14ClN3O3S. The topological polar surface area (TPSA) is 65.4 Å². The van der Waals surface area contributed by atoms with Gasteiger partial charge >= 0.3 is 0 Å². The predicted molar refractivity (Wildman–Crippen MR) is 104 cm³/mol. The van der Waals surface area contributed by atoms with Crippen molar-refractivity contribution in [2.24, 2.45) is 0 Å². The molecule has 1 N–H and O–H groups in total. The van der Waals surface area contributed by atoms with Crippen LogP contribution in [-0.4, -0.2) is 22.5 Å². The molecule has 0 atom stereocenters. The molecule has 0 spiro atoms. The summed E-state index contributed by atoms with van der Waals surface area (Å²) in [5, 5.41) is 8.37. The molecule has 3 aromatic rings. The Morgan fingerprint density at radius 3 is 2.78 bits per heavy atom. The molecule has 2 aliphatic heterocycles. The number of thioether (sulfide) groups is 1. The van der Waals surface area contributed by atoms with E-state index in [0.29, 0.717) is 27.9 Å². The average Bonchev–Trinajstić information content (AvgIpc) is 3.38. The lowest BCUT2D eigenvalue weighted by Crippen LogP contribution is -2.16. The summed E-state index contributed by atoms with van der Waals surface area (Å²) >= 11 is 7.78. The number of carbonyl (C=O) groups excluding carboxylic acids is 1. The molecule has 0 saturated carbocycles. The minimum absolute atomic E-state index is 0.175. The molecular weight excluding hydrogens is 386 g/mol. The van der Waals surface area contributed by atoms with Crippen molar-refractivity contribution in [1.29, 1.82) is 0 Å². The van der Waals surface area contributed by atoms with E-state index in [0.717, 1.165) is 28.5 Å². The second-order valence-electron chi connectivity index (χ2n) is 6.18. The minimum atomic E-state index is -0.219. The van der Waals surface area contributed by atoms with Gasteiger partial charge in [-0.15, -0.1) is 0 Å². The zero-order valence-corrected chi connectivity index (χ0v) is 15.6. The Kier molecular flexibility index (Phi) is 3.98. The smallest absolute Gasteiger partial charge is 0.256 e. The number of nitrogens with one attached hydrogen (secondary N) is 1. The molecule has 1 aromatic heterocycles. The van der Waals surface area contributed by atoms with Crippen LogP contribution < -0.4 is 14.8 Å². The van der Waals surface area contributed by atoms with Crippen LogP contribution in [-0.2, 0) is 11.5 Å². The number of hydrogen-bond donors (Lipinski definition) is 1. The molecule has 136 valence electrons. The Hall–Kier alpha value is -2.64. The van der Waals surface area contributed by atoms with Crippen molar-refractivity contribution in [3.8, 4) is 17.2 Å². The van der Waals surface area contributed by atoms with Gasteiger partial charge in [-0.2, -0.15) is 16.9 Å². The third kappa shape index (κ3) is 2.93. The van der Waals surface area contributed by atoms with Gasteiger partial charge in [-0.1, -0.05) is 11.6 Å². The third-order valence-electron chi connectivity index (χ3n) is 4.49. The quantitative estimate of drug-likeness (QED) is 0.713. The molecule has 0 bridgehead atoms. The van der Waals surface area contributed by atoms with Crippen molar-refractivity contribution < 1.29 is 14.3 Å². The van der Waals surface area contributed by atoms with Crippen LogP contribution in [0, 0.1) is 0 Å². The van der Waals surface area contributed by atoms with Gasteiger partial charge in [0.1, 0.15) is 5.82 Å². The number of anilines is 1. The number of benzene rings is 2. The van der Waals surface area contributed by atoms with E-state index in [9.17, 15) is 4.79 Å². The molecule has 6 nitrogen and oxygen atoms in total. The normalized spacial score (nSPS) is 14.3. The molecule has 8 heteroatoms. The first-order valence-electron chi connectivity index (χ1n) is 8.34. The lowest BCUT2D eigenvalue weighted by atomic mass is 10.2. The number of amides is 1. The fourth-order valence-electron chi connectivity index (χ4n) is 3.13. The van der Waals surface area contributed by atoms with E-state index in [4.69, 9.17) is 21.1 Å². The van der Waals surface area contributed by atoms with Gasteiger partial charge in [-0.25, -0.2) is 4.68 Å². The van der Waals surface area contributed by atoms with E-state index in [2.05, 4.69) is 10.4 Å². The van der Waals surface area contributed by atoms with Gasteiger partial charge in [0.05, 0.1) is 11.4 Å². The van der Waals surface area contributed by atoms with E-state index in [1.165, 1.54) is 0 Å². The van der Waals surface area contributed by atoms with Crippen LogP contribution in [0.1, 0.15) is 21.6 Å². The summed E-state index contributed by atoms with van der Waals surface area (Å²) < 4.78 is 12.4. The first-order chi connectivity index (χ1) is 13.2. The van der Waals surface area contributed by atoms with Crippen molar-refractivity contribution in [3.05, 3.63) is 64.3 Å². The maximum Gasteiger partial charge on any atom is 0.256 e. The van der Waals surface area contributed by atoms with Crippen LogP contribution in [0.5, 0.6) is 11.5 Å². The first-order valence-corrected chi connectivity index (χ1v) is 9.88. The zero-order chi connectivity index (χ0) is 18.4. The number of halogens is 1. The summed E-state index contributed by atoms with van der Waals surface area (Å²) in [6.45, 7) is 0.175. The zero-order valence-electron chi connectivity index (χ0n) is 14.1. The highest BCUT2D eigenvalue weighted by Gasteiger charge is 2.25. The van der Waals surface area contributed by atoms with E-state index >= 15 is 0 Å². The number of fused-ring (bicyclic) bond motifs is 2. The molecule has 0 aliphatic carbocycles. The van der Waals surface area contributed by atoms with Crippen molar-refractivity contribution >= 4 is 35.1 Å². The average molecular weight is 400 g/mol. The highest BCUT2D eigenvalue weighted by atomic mass is 35.5. The molecule has 1 amide bonds. The van der Waals surface area contributed by atoms with Crippen LogP contribution in [0.25, 0.3) is 5.69 Å². The Morgan fingerprint density at radius 1 is 1.11 bits per heavy atom. The van der Waals surface area contributed by atoms with Crippen LogP contribution in [0.2, 0.25) is 5.02 Å². The van der Waals surface area contributed by atoms with Gasteiger partial charge in [0.2, 0.25) is 6.79 Å². The number of nitrogens with zero attached hydrogens (tertiary/aromatic N) is 2. The van der Waals surface area contributed by atoms with Gasteiger partial charge in [0.15, 0.2) is 11.5 Å². The molecule has 3 heterocycles. The summed E-state index contributed by atoms with van der Waals surface area (Å²) in [5.74, 6) is 3.36. The summed E-state index contributed by atoms with van der Waals surface area (Å²) in [4.78, 5) is 12.9. The number of aromatic nitrogens is 2. The van der Waals surface area contributed by atoms with Crippen molar-refractivity contribution in [3.63, 3.8) is 0 Å². The molecule has 0 fully saturated rings. The van der Waals surface area contributed by atoms with Crippen LogP contribution in [0.4, 0.5) is 5.82 Å². The van der Waals surface area contributed by atoms with E-state index in [1.807, 2.05) is 24.3 Å². The molecule has 5 rings (SSSR count). The summed E-state index contributed by atoms with van der Waals surface area (Å²) in [6.07, 6.45) is 0. The number of rotatable bonds is 3. The summed E-state index contributed by atoms with van der Waals surface area (Å²) in [7, 11) is 0. The molecule has 2 aliphatic rings. The fraction of sp³-hybridized carbons (Fsp3) is 0.158. The van der Waals surface area contributed by atoms with Crippen molar-refractivity contribution in [2.45, 2.75) is 11.5 Å². The fourth-order valence-corrected chi connectivity index (χ4v) is 4.29. The predicted octanol–water partition coefficient (Wildman–Crippen LogP) is 4.25. The SMILES string of the molecule is O=C(Nc1c2c(nn1-c1ccc(Cl)cc1)CSC2)c1ccc2c(c1)OCO2. The summed E-state index contributed by atoms with van der Waals surface area (Å²) in [6, 6.07) is 12.5. The molecule has 27 heavy (non-hydrogen) atoms. The van der Waals surface area contributed by atoms with Crippen LogP contribution >= 0.6 is 23.4 Å². The number of carbonyl (C=O) groups is 1. The number of ether oxygens (including phenoxy) is 2. The Balaban J connectivity index is 1.51. The minimum Gasteiger partial charge on any atom is -0.454 e. The standard InChI is InChI=1S/C19H14ClN3O3S/c20-12-2-4-13(5-3-12)23-18(14-8-27-9-15(14)22-23)21-19(24)11-1-6-16-17(7-11)26-10-25-16/h1-7H,8-10H2,(H,21,24). The maximum atomic E-state index is 12.9. The van der Waals surface area contributed by atoms with Gasteiger partial charge in [0, 0.05) is 27.7 Å². The maximum absolute atomic E-state index is 12.9. The van der Waals surface area contributed by atoms with Gasteiger partial charge in [0.25, 0.3) is 5.91 Å². The third-order valence-corrected chi connectivity index (χ3v) is 5.71. The lowest BCUT2D eigenvalue weighted by Gasteiger charge is -2.11. The molecule has 0 radical (unpaired) electrons. The molecule has 0 unspecified atom stereocenters. The highest BCUT2D eigenvalue weighted by Crippen LogP contribution is 2.37. The molecule has 0 saturated heterocycles. The van der Waals surface area contributed by atoms with Crippen LogP contribution in [0.15, 0.2) is 42.5 Å². The second kappa shape index (κ2) is 6.51. The van der Waals surface area contributed by atoms with Crippen molar-refractivity contribution in [2.75, 3.05) is 12.1 Å². The van der Waals surface area contributed by atoms with E-state index in [-0.39, 0.29) is 12.7 Å². The summed E-state index contributed by atoms with van der Waals surface area (Å²) in [5.41, 5.74) is 3.40. The Morgan fingerprint density at radius 2 is 1.93 bits per heavy atom. The van der Waals surface area contributed by atoms with Crippen LogP contribution in [0.3, 0.4) is 0 Å². The Bertz CT molecular complexity index is 1050. The van der Waals surface area contributed by atoms with E-state index in [1.54, 1.807) is 34.6 Å².